The van der Waals surface area contributed by atoms with E-state index < -0.39 is 0 Å². The van der Waals surface area contributed by atoms with E-state index in [4.69, 9.17) is 4.74 Å². The molecule has 0 aliphatic carbocycles. The van der Waals surface area contributed by atoms with Crippen molar-refractivity contribution in [3.05, 3.63) is 48.2 Å². The van der Waals surface area contributed by atoms with Gasteiger partial charge in [-0.15, -0.1) is 5.10 Å². The van der Waals surface area contributed by atoms with Crippen molar-refractivity contribution in [2.24, 2.45) is 0 Å². The molecular weight excluding hydrogens is 342 g/mol. The standard InChI is InChI=1S/C20H23N5O2/c1-14-5-3-4-11-24(14)16-10-12-25-18(13-16)21-20(23-25)22-19(26)15-6-8-17(27-2)9-7-15/h6-10,12-14H,3-5,11H2,1-2H3,(H,22,23,26). The summed E-state index contributed by atoms with van der Waals surface area (Å²) in [6, 6.07) is 11.5. The van der Waals surface area contributed by atoms with E-state index in [1.165, 1.54) is 19.3 Å². The fourth-order valence-corrected chi connectivity index (χ4v) is 3.50. The smallest absolute Gasteiger partial charge is 0.258 e. The van der Waals surface area contributed by atoms with Crippen molar-refractivity contribution in [2.45, 2.75) is 32.2 Å². The molecule has 1 N–H and O–H groups in total. The Morgan fingerprint density at radius 3 is 2.78 bits per heavy atom. The molecule has 1 unspecified atom stereocenters. The monoisotopic (exact) mass is 365 g/mol. The van der Waals surface area contributed by atoms with Crippen LogP contribution in [0.25, 0.3) is 5.65 Å². The number of rotatable bonds is 4. The topological polar surface area (TPSA) is 71.8 Å². The largest absolute Gasteiger partial charge is 0.497 e. The molecule has 1 aliphatic rings. The number of aromatic nitrogens is 3. The SMILES string of the molecule is COc1ccc(C(=O)Nc2nc3cc(N4CCCCC4C)ccn3n2)cc1. The number of hydrogen-bond donors (Lipinski definition) is 1. The predicted octanol–water partition coefficient (Wildman–Crippen LogP) is 3.37. The Bertz CT molecular complexity index is 951. The summed E-state index contributed by atoms with van der Waals surface area (Å²) in [5.74, 6) is 0.745. The zero-order valence-electron chi connectivity index (χ0n) is 15.6. The molecule has 0 bridgehead atoms. The number of nitrogens with one attached hydrogen (secondary N) is 1. The summed E-state index contributed by atoms with van der Waals surface area (Å²) in [7, 11) is 1.59. The zero-order valence-corrected chi connectivity index (χ0v) is 15.6. The number of fused-ring (bicyclic) bond motifs is 1. The second-order valence-electron chi connectivity index (χ2n) is 6.84. The van der Waals surface area contributed by atoms with Gasteiger partial charge in [0.1, 0.15) is 5.75 Å². The Kier molecular flexibility index (Phi) is 4.66. The minimum absolute atomic E-state index is 0.251. The van der Waals surface area contributed by atoms with E-state index in [0.717, 1.165) is 17.9 Å². The van der Waals surface area contributed by atoms with Crippen LogP contribution in [0, 0.1) is 0 Å². The third kappa shape index (κ3) is 3.58. The Labute approximate surface area is 158 Å². The highest BCUT2D eigenvalue weighted by molar-refractivity contribution is 6.03. The second kappa shape index (κ2) is 7.26. The van der Waals surface area contributed by atoms with Gasteiger partial charge in [0.2, 0.25) is 5.95 Å². The van der Waals surface area contributed by atoms with Crippen molar-refractivity contribution in [2.75, 3.05) is 23.9 Å². The van der Waals surface area contributed by atoms with Crippen LogP contribution in [0.1, 0.15) is 36.5 Å². The Hall–Kier alpha value is -3.09. The number of hydrogen-bond acceptors (Lipinski definition) is 5. The van der Waals surface area contributed by atoms with Crippen molar-refractivity contribution in [1.29, 1.82) is 0 Å². The van der Waals surface area contributed by atoms with Gasteiger partial charge in [0.15, 0.2) is 5.65 Å². The molecule has 1 fully saturated rings. The van der Waals surface area contributed by atoms with Crippen LogP contribution >= 0.6 is 0 Å². The zero-order chi connectivity index (χ0) is 18.8. The van der Waals surface area contributed by atoms with Crippen LogP contribution in [0.5, 0.6) is 5.75 Å². The van der Waals surface area contributed by atoms with Gasteiger partial charge in [-0.05, 0) is 56.5 Å². The number of amides is 1. The van der Waals surface area contributed by atoms with Gasteiger partial charge >= 0.3 is 0 Å². The first-order valence-corrected chi connectivity index (χ1v) is 9.22. The number of carbonyl (C=O) groups excluding carboxylic acids is 1. The van der Waals surface area contributed by atoms with Crippen molar-refractivity contribution in [3.8, 4) is 5.75 Å². The van der Waals surface area contributed by atoms with Crippen molar-refractivity contribution >= 4 is 23.2 Å². The lowest BCUT2D eigenvalue weighted by molar-refractivity contribution is 0.102. The van der Waals surface area contributed by atoms with Gasteiger partial charge in [-0.3, -0.25) is 10.1 Å². The fourth-order valence-electron chi connectivity index (χ4n) is 3.50. The summed E-state index contributed by atoms with van der Waals surface area (Å²) in [6.07, 6.45) is 5.60. The number of methoxy groups -OCH3 is 1. The number of anilines is 2. The van der Waals surface area contributed by atoms with Crippen molar-refractivity contribution in [3.63, 3.8) is 0 Å². The maximum atomic E-state index is 12.4. The van der Waals surface area contributed by atoms with E-state index in [1.54, 1.807) is 35.9 Å². The normalized spacial score (nSPS) is 17.1. The molecular formula is C20H23N5O2. The lowest BCUT2D eigenvalue weighted by Gasteiger charge is -2.35. The van der Waals surface area contributed by atoms with Gasteiger partial charge in [0.05, 0.1) is 7.11 Å². The molecule has 1 aliphatic heterocycles. The highest BCUT2D eigenvalue weighted by Gasteiger charge is 2.19. The molecule has 1 saturated heterocycles. The molecule has 3 heterocycles. The third-order valence-corrected chi connectivity index (χ3v) is 5.03. The van der Waals surface area contributed by atoms with E-state index >= 15 is 0 Å². The van der Waals surface area contributed by atoms with E-state index in [-0.39, 0.29) is 5.91 Å². The quantitative estimate of drug-likeness (QED) is 0.767. The molecule has 1 aromatic carbocycles. The number of piperidine rings is 1. The average Bonchev–Trinajstić information content (AvgIpc) is 3.09. The van der Waals surface area contributed by atoms with E-state index in [2.05, 4.69) is 33.3 Å². The first-order chi connectivity index (χ1) is 13.1. The van der Waals surface area contributed by atoms with Gasteiger partial charge in [-0.2, -0.15) is 4.98 Å². The van der Waals surface area contributed by atoms with Gasteiger partial charge in [0.25, 0.3) is 5.91 Å². The molecule has 1 atom stereocenters. The lowest BCUT2D eigenvalue weighted by atomic mass is 10.0. The van der Waals surface area contributed by atoms with Crippen molar-refractivity contribution < 1.29 is 9.53 Å². The van der Waals surface area contributed by atoms with Crippen LogP contribution < -0.4 is 15.0 Å². The Balaban J connectivity index is 1.53. The number of carbonyl (C=O) groups is 1. The van der Waals surface area contributed by atoms with Gasteiger partial charge in [-0.1, -0.05) is 0 Å². The van der Waals surface area contributed by atoms with Crippen molar-refractivity contribution in [1.82, 2.24) is 14.6 Å². The molecule has 0 saturated carbocycles. The van der Waals surface area contributed by atoms with E-state index in [0.29, 0.717) is 23.3 Å². The molecule has 7 nitrogen and oxygen atoms in total. The molecule has 1 amide bonds. The number of benzene rings is 1. The number of nitrogens with zero attached hydrogens (tertiary/aromatic N) is 4. The molecule has 140 valence electrons. The third-order valence-electron chi connectivity index (χ3n) is 5.03. The van der Waals surface area contributed by atoms with Gasteiger partial charge < -0.3 is 9.64 Å². The van der Waals surface area contributed by atoms with Crippen LogP contribution in [0.15, 0.2) is 42.6 Å². The second-order valence-corrected chi connectivity index (χ2v) is 6.84. The minimum Gasteiger partial charge on any atom is -0.497 e. The average molecular weight is 365 g/mol. The molecule has 2 aromatic heterocycles. The van der Waals surface area contributed by atoms with E-state index in [9.17, 15) is 4.79 Å². The molecule has 0 spiro atoms. The maximum Gasteiger partial charge on any atom is 0.258 e. The molecule has 7 heteroatoms. The lowest BCUT2D eigenvalue weighted by Crippen LogP contribution is -2.37. The summed E-state index contributed by atoms with van der Waals surface area (Å²) >= 11 is 0. The molecule has 3 aromatic rings. The fraction of sp³-hybridized carbons (Fsp3) is 0.350. The Morgan fingerprint density at radius 1 is 1.22 bits per heavy atom. The van der Waals surface area contributed by atoms with Crippen LogP contribution in [0.3, 0.4) is 0 Å². The molecule has 27 heavy (non-hydrogen) atoms. The molecule has 0 radical (unpaired) electrons. The van der Waals surface area contributed by atoms with E-state index in [1.807, 2.05) is 12.3 Å². The summed E-state index contributed by atoms with van der Waals surface area (Å²) in [5.41, 5.74) is 2.39. The van der Waals surface area contributed by atoms with Crippen LogP contribution in [-0.2, 0) is 0 Å². The highest BCUT2D eigenvalue weighted by Crippen LogP contribution is 2.25. The first kappa shape index (κ1) is 17.3. The van der Waals surface area contributed by atoms with Crippen LogP contribution in [-0.4, -0.2) is 40.2 Å². The van der Waals surface area contributed by atoms with Crippen LogP contribution in [0.4, 0.5) is 11.6 Å². The predicted molar refractivity (Wildman–Crippen MR) is 105 cm³/mol. The maximum absolute atomic E-state index is 12.4. The summed E-state index contributed by atoms with van der Waals surface area (Å²) in [4.78, 5) is 19.3. The highest BCUT2D eigenvalue weighted by atomic mass is 16.5. The summed E-state index contributed by atoms with van der Waals surface area (Å²) in [5, 5.41) is 7.10. The number of ether oxygens (including phenoxy) is 1. The van der Waals surface area contributed by atoms with Crippen LogP contribution in [0.2, 0.25) is 0 Å². The summed E-state index contributed by atoms with van der Waals surface area (Å²) < 4.78 is 6.79. The number of pyridine rings is 1. The van der Waals surface area contributed by atoms with Gasteiger partial charge in [-0.25, -0.2) is 4.52 Å². The molecule has 4 rings (SSSR count). The Morgan fingerprint density at radius 2 is 2.04 bits per heavy atom. The first-order valence-electron chi connectivity index (χ1n) is 9.22. The minimum atomic E-state index is -0.251. The summed E-state index contributed by atoms with van der Waals surface area (Å²) in [6.45, 7) is 3.32. The van der Waals surface area contributed by atoms with Gasteiger partial charge in [0, 0.05) is 36.1 Å².